The Morgan fingerprint density at radius 2 is 1.71 bits per heavy atom. The molecule has 114 valence electrons. The zero-order valence-electron chi connectivity index (χ0n) is 12.6. The maximum Gasteiger partial charge on any atom is 0.130 e. The zero-order chi connectivity index (χ0) is 15.4. The molecule has 2 aromatic rings. The van der Waals surface area contributed by atoms with Crippen LogP contribution < -0.4 is 14.2 Å². The fourth-order valence-corrected chi connectivity index (χ4v) is 3.16. The summed E-state index contributed by atoms with van der Waals surface area (Å²) in [7, 11) is 4.88. The lowest BCUT2D eigenvalue weighted by Crippen LogP contribution is -2.02. The first kappa shape index (κ1) is 15.8. The smallest absolute Gasteiger partial charge is 0.130 e. The van der Waals surface area contributed by atoms with E-state index in [-0.39, 0.29) is 4.83 Å². The maximum atomic E-state index is 5.51. The van der Waals surface area contributed by atoms with Gasteiger partial charge in [-0.2, -0.15) is 0 Å². The summed E-state index contributed by atoms with van der Waals surface area (Å²) in [6, 6.07) is 5.65. The Labute approximate surface area is 133 Å². The van der Waals surface area contributed by atoms with Gasteiger partial charge in [-0.3, -0.25) is 0 Å². The summed E-state index contributed by atoms with van der Waals surface area (Å²) < 4.78 is 21.8. The number of alkyl halides is 1. The van der Waals surface area contributed by atoms with E-state index in [4.69, 9.17) is 18.6 Å². The molecule has 0 aliphatic heterocycles. The molecule has 0 aliphatic carbocycles. The van der Waals surface area contributed by atoms with Crippen LogP contribution in [0.2, 0.25) is 0 Å². The van der Waals surface area contributed by atoms with Crippen molar-refractivity contribution in [1.29, 1.82) is 0 Å². The van der Waals surface area contributed by atoms with Gasteiger partial charge in [0, 0.05) is 24.1 Å². The highest BCUT2D eigenvalue weighted by Gasteiger charge is 2.24. The normalized spacial score (nSPS) is 12.0. The van der Waals surface area contributed by atoms with Crippen LogP contribution in [0.5, 0.6) is 17.2 Å². The number of halogens is 1. The van der Waals surface area contributed by atoms with E-state index in [1.165, 1.54) is 0 Å². The van der Waals surface area contributed by atoms with Gasteiger partial charge < -0.3 is 18.6 Å². The van der Waals surface area contributed by atoms with Gasteiger partial charge >= 0.3 is 0 Å². The summed E-state index contributed by atoms with van der Waals surface area (Å²) in [4.78, 5) is -0.0815. The molecule has 4 nitrogen and oxygen atoms in total. The number of aryl methyl sites for hydroxylation is 1. The third-order valence-electron chi connectivity index (χ3n) is 3.38. The minimum absolute atomic E-state index is 0.0815. The lowest BCUT2D eigenvalue weighted by Gasteiger charge is -2.19. The van der Waals surface area contributed by atoms with Crippen molar-refractivity contribution in [2.24, 2.45) is 0 Å². The molecule has 0 amide bonds. The highest BCUT2D eigenvalue weighted by molar-refractivity contribution is 9.09. The Bertz CT molecular complexity index is 581. The standard InChI is InChI=1S/C16H19BrO4/c1-5-12-11(6-7-21-12)16(17)15-13(19-3)8-10(18-2)9-14(15)20-4/h6-9,16H,5H2,1-4H3. The first-order valence-electron chi connectivity index (χ1n) is 6.66. The van der Waals surface area contributed by atoms with Crippen LogP contribution in [0.25, 0.3) is 0 Å². The summed E-state index contributed by atoms with van der Waals surface area (Å²) in [6.07, 6.45) is 2.52. The Morgan fingerprint density at radius 1 is 1.10 bits per heavy atom. The summed E-state index contributed by atoms with van der Waals surface area (Å²) in [6.45, 7) is 2.06. The van der Waals surface area contributed by atoms with E-state index in [9.17, 15) is 0 Å². The van der Waals surface area contributed by atoms with Crippen molar-refractivity contribution >= 4 is 15.9 Å². The van der Waals surface area contributed by atoms with Crippen LogP contribution >= 0.6 is 15.9 Å². The predicted molar refractivity (Wildman–Crippen MR) is 85.0 cm³/mol. The number of methoxy groups -OCH3 is 3. The SMILES string of the molecule is CCc1occc1C(Br)c1c(OC)cc(OC)cc1OC. The van der Waals surface area contributed by atoms with Gasteiger partial charge in [0.1, 0.15) is 23.0 Å². The highest BCUT2D eigenvalue weighted by atomic mass is 79.9. The molecular weight excluding hydrogens is 336 g/mol. The maximum absolute atomic E-state index is 5.51. The molecule has 0 radical (unpaired) electrons. The number of rotatable bonds is 6. The van der Waals surface area contributed by atoms with Crippen molar-refractivity contribution in [3.63, 3.8) is 0 Å². The molecule has 5 heteroatoms. The molecule has 0 aliphatic rings. The van der Waals surface area contributed by atoms with Crippen molar-refractivity contribution in [3.8, 4) is 17.2 Å². The lowest BCUT2D eigenvalue weighted by atomic mass is 10.0. The van der Waals surface area contributed by atoms with Gasteiger partial charge in [0.05, 0.1) is 38.0 Å². The van der Waals surface area contributed by atoms with Gasteiger partial charge in [-0.25, -0.2) is 0 Å². The summed E-state index contributed by atoms with van der Waals surface area (Å²) in [5.41, 5.74) is 1.98. The Balaban J connectivity index is 2.56. The summed E-state index contributed by atoms with van der Waals surface area (Å²) >= 11 is 3.73. The van der Waals surface area contributed by atoms with Gasteiger partial charge in [0.15, 0.2) is 0 Å². The molecule has 0 bridgehead atoms. The van der Waals surface area contributed by atoms with Crippen LogP contribution in [0.3, 0.4) is 0 Å². The number of ether oxygens (including phenoxy) is 3. The highest BCUT2D eigenvalue weighted by Crippen LogP contribution is 2.45. The molecule has 1 unspecified atom stereocenters. The van der Waals surface area contributed by atoms with Gasteiger partial charge in [0.2, 0.25) is 0 Å². The van der Waals surface area contributed by atoms with E-state index in [2.05, 4.69) is 22.9 Å². The van der Waals surface area contributed by atoms with Gasteiger partial charge in [-0.15, -0.1) is 0 Å². The molecule has 1 aromatic heterocycles. The molecule has 0 saturated carbocycles. The number of furan rings is 1. The average Bonchev–Trinajstić information content (AvgIpc) is 3.01. The average molecular weight is 355 g/mol. The van der Waals surface area contributed by atoms with Crippen LogP contribution in [0.15, 0.2) is 28.9 Å². The molecule has 1 atom stereocenters. The Hall–Kier alpha value is -1.62. The van der Waals surface area contributed by atoms with E-state index >= 15 is 0 Å². The molecule has 0 spiro atoms. The number of benzene rings is 1. The van der Waals surface area contributed by atoms with Crippen molar-refractivity contribution in [2.75, 3.05) is 21.3 Å². The van der Waals surface area contributed by atoms with Gasteiger partial charge in [-0.1, -0.05) is 22.9 Å². The molecule has 1 aromatic carbocycles. The minimum atomic E-state index is -0.0815. The fourth-order valence-electron chi connectivity index (χ4n) is 2.30. The second-order valence-electron chi connectivity index (χ2n) is 4.46. The van der Waals surface area contributed by atoms with Crippen LogP contribution in [0.4, 0.5) is 0 Å². The first-order valence-corrected chi connectivity index (χ1v) is 7.58. The third-order valence-corrected chi connectivity index (χ3v) is 4.33. The van der Waals surface area contributed by atoms with Crippen LogP contribution in [0.1, 0.15) is 28.6 Å². The van der Waals surface area contributed by atoms with Crippen molar-refractivity contribution < 1.29 is 18.6 Å². The minimum Gasteiger partial charge on any atom is -0.496 e. The summed E-state index contributed by atoms with van der Waals surface area (Å²) in [5.74, 6) is 3.04. The van der Waals surface area contributed by atoms with E-state index in [0.717, 1.165) is 23.3 Å². The molecule has 2 rings (SSSR count). The molecule has 21 heavy (non-hydrogen) atoms. The fraction of sp³-hybridized carbons (Fsp3) is 0.375. The monoisotopic (exact) mass is 354 g/mol. The molecule has 0 saturated heterocycles. The first-order chi connectivity index (χ1) is 10.2. The number of hydrogen-bond donors (Lipinski definition) is 0. The van der Waals surface area contributed by atoms with Crippen LogP contribution in [-0.2, 0) is 6.42 Å². The van der Waals surface area contributed by atoms with Crippen molar-refractivity contribution in [3.05, 3.63) is 41.3 Å². The molecular formula is C16H19BrO4. The lowest BCUT2D eigenvalue weighted by molar-refractivity contribution is 0.369. The van der Waals surface area contributed by atoms with Gasteiger partial charge in [0.25, 0.3) is 0 Å². The quantitative estimate of drug-likeness (QED) is 0.723. The van der Waals surface area contributed by atoms with E-state index in [1.807, 2.05) is 18.2 Å². The van der Waals surface area contributed by atoms with E-state index in [1.54, 1.807) is 27.6 Å². The Kier molecular flexibility index (Phi) is 5.17. The van der Waals surface area contributed by atoms with Crippen LogP contribution in [-0.4, -0.2) is 21.3 Å². The Morgan fingerprint density at radius 3 is 2.19 bits per heavy atom. The molecule has 0 N–H and O–H groups in total. The van der Waals surface area contributed by atoms with Crippen molar-refractivity contribution in [1.82, 2.24) is 0 Å². The van der Waals surface area contributed by atoms with E-state index in [0.29, 0.717) is 17.2 Å². The zero-order valence-corrected chi connectivity index (χ0v) is 14.2. The topological polar surface area (TPSA) is 40.8 Å². The third kappa shape index (κ3) is 3.02. The second kappa shape index (κ2) is 6.89. The predicted octanol–water partition coefficient (Wildman–Crippen LogP) is 4.35. The molecule has 1 heterocycles. The van der Waals surface area contributed by atoms with Crippen molar-refractivity contribution in [2.45, 2.75) is 18.2 Å². The van der Waals surface area contributed by atoms with E-state index < -0.39 is 0 Å². The largest absolute Gasteiger partial charge is 0.496 e. The van der Waals surface area contributed by atoms with Crippen LogP contribution in [0, 0.1) is 0 Å². The number of hydrogen-bond acceptors (Lipinski definition) is 4. The summed E-state index contributed by atoms with van der Waals surface area (Å²) in [5, 5.41) is 0. The second-order valence-corrected chi connectivity index (χ2v) is 5.38. The van der Waals surface area contributed by atoms with Gasteiger partial charge in [-0.05, 0) is 6.07 Å². The molecule has 0 fully saturated rings.